The third kappa shape index (κ3) is 1.95. The summed E-state index contributed by atoms with van der Waals surface area (Å²) >= 11 is 1.51. The van der Waals surface area contributed by atoms with Gasteiger partial charge in [-0.2, -0.15) is 5.10 Å². The quantitative estimate of drug-likeness (QED) is 0.618. The average Bonchev–Trinajstić information content (AvgIpc) is 3.09. The molecule has 5 nitrogen and oxygen atoms in total. The van der Waals surface area contributed by atoms with E-state index in [-0.39, 0.29) is 5.91 Å². The van der Waals surface area contributed by atoms with Gasteiger partial charge in [0.2, 0.25) is 5.91 Å². The van der Waals surface area contributed by atoms with Crippen LogP contribution in [0.1, 0.15) is 23.7 Å². The molecule has 0 bridgehead atoms. The Labute approximate surface area is 131 Å². The number of fused-ring (bicyclic) bond motifs is 3. The monoisotopic (exact) mass is 310 g/mol. The van der Waals surface area contributed by atoms with E-state index in [1.165, 1.54) is 29.4 Å². The Bertz CT molecular complexity index is 893. The molecule has 0 spiro atoms. The Hall–Kier alpha value is -2.47. The number of anilines is 1. The number of amides is 1. The fraction of sp³-hybridized carbons (Fsp3) is 0.188. The Morgan fingerprint density at radius 2 is 2.18 bits per heavy atom. The summed E-state index contributed by atoms with van der Waals surface area (Å²) in [4.78, 5) is 16.8. The molecule has 0 radical (unpaired) electrons. The van der Waals surface area contributed by atoms with E-state index in [1.807, 2.05) is 23.0 Å². The van der Waals surface area contributed by atoms with Crippen LogP contribution in [0, 0.1) is 6.92 Å². The van der Waals surface area contributed by atoms with Crippen molar-refractivity contribution in [3.05, 3.63) is 47.3 Å². The van der Waals surface area contributed by atoms with Crippen molar-refractivity contribution < 1.29 is 4.79 Å². The van der Waals surface area contributed by atoms with Gasteiger partial charge in [-0.3, -0.25) is 4.79 Å². The Kier molecular flexibility index (Phi) is 2.87. The number of para-hydroxylation sites is 1. The number of benzene rings is 1. The van der Waals surface area contributed by atoms with Crippen LogP contribution in [0.25, 0.3) is 16.3 Å². The summed E-state index contributed by atoms with van der Waals surface area (Å²) in [6.45, 7) is 3.57. The van der Waals surface area contributed by atoms with Crippen LogP contribution < -0.4 is 5.32 Å². The molecule has 22 heavy (non-hydrogen) atoms. The van der Waals surface area contributed by atoms with Crippen molar-refractivity contribution in [3.63, 3.8) is 0 Å². The maximum atomic E-state index is 11.2. The van der Waals surface area contributed by atoms with Crippen LogP contribution in [0.3, 0.4) is 0 Å². The summed E-state index contributed by atoms with van der Waals surface area (Å²) in [5.74, 6) is -0.0972. The van der Waals surface area contributed by atoms with Crippen LogP contribution in [0.4, 0.5) is 5.13 Å². The second kappa shape index (κ2) is 4.78. The molecule has 1 aromatic carbocycles. The highest BCUT2D eigenvalue weighted by atomic mass is 32.1. The molecule has 1 N–H and O–H groups in total. The number of thiazole rings is 1. The van der Waals surface area contributed by atoms with Crippen molar-refractivity contribution in [1.29, 1.82) is 0 Å². The maximum absolute atomic E-state index is 11.2. The van der Waals surface area contributed by atoms with Gasteiger partial charge in [0.15, 0.2) is 5.13 Å². The molecule has 0 unspecified atom stereocenters. The second-order valence-corrected chi connectivity index (χ2v) is 6.37. The Morgan fingerprint density at radius 1 is 1.36 bits per heavy atom. The summed E-state index contributed by atoms with van der Waals surface area (Å²) in [5.41, 5.74) is 5.55. The van der Waals surface area contributed by atoms with Gasteiger partial charge in [-0.25, -0.2) is 9.67 Å². The number of carbonyl (C=O) groups excluding carboxylic acids is 1. The lowest BCUT2D eigenvalue weighted by molar-refractivity contribution is -0.114. The van der Waals surface area contributed by atoms with Crippen LogP contribution in [0.2, 0.25) is 0 Å². The van der Waals surface area contributed by atoms with E-state index in [4.69, 9.17) is 0 Å². The summed E-state index contributed by atoms with van der Waals surface area (Å²) in [7, 11) is 0. The summed E-state index contributed by atoms with van der Waals surface area (Å²) in [6.07, 6.45) is 2.68. The van der Waals surface area contributed by atoms with Gasteiger partial charge in [0.1, 0.15) is 0 Å². The lowest BCUT2D eigenvalue weighted by Gasteiger charge is -2.08. The number of hydrogen-bond acceptors (Lipinski definition) is 4. The molecule has 110 valence electrons. The second-order valence-electron chi connectivity index (χ2n) is 5.37. The van der Waals surface area contributed by atoms with Gasteiger partial charge in [0.05, 0.1) is 28.1 Å². The molecular formula is C16H14N4OS. The lowest BCUT2D eigenvalue weighted by atomic mass is 10.2. The summed E-state index contributed by atoms with van der Waals surface area (Å²) in [6, 6.07) is 8.18. The molecule has 1 amide bonds. The minimum absolute atomic E-state index is 0.0972. The van der Waals surface area contributed by atoms with Crippen LogP contribution in [0.5, 0.6) is 0 Å². The fourth-order valence-corrected chi connectivity index (χ4v) is 3.87. The van der Waals surface area contributed by atoms with Crippen molar-refractivity contribution in [1.82, 2.24) is 14.8 Å². The molecule has 0 saturated carbocycles. The van der Waals surface area contributed by atoms with Crippen molar-refractivity contribution in [2.45, 2.75) is 20.3 Å². The highest BCUT2D eigenvalue weighted by Crippen LogP contribution is 2.43. The first-order chi connectivity index (χ1) is 10.6. The van der Waals surface area contributed by atoms with Crippen LogP contribution in [0.15, 0.2) is 30.5 Å². The predicted molar refractivity (Wildman–Crippen MR) is 86.5 cm³/mol. The van der Waals surface area contributed by atoms with Crippen LogP contribution in [-0.2, 0) is 11.2 Å². The van der Waals surface area contributed by atoms with Gasteiger partial charge in [-0.05, 0) is 18.6 Å². The number of hydrogen-bond donors (Lipinski definition) is 1. The topological polar surface area (TPSA) is 59.8 Å². The Morgan fingerprint density at radius 3 is 2.95 bits per heavy atom. The third-order valence-corrected chi connectivity index (χ3v) is 4.76. The first-order valence-electron chi connectivity index (χ1n) is 7.04. The van der Waals surface area contributed by atoms with Gasteiger partial charge < -0.3 is 5.32 Å². The molecule has 0 fully saturated rings. The molecule has 0 atom stereocenters. The van der Waals surface area contributed by atoms with Crippen LogP contribution >= 0.6 is 11.3 Å². The van der Waals surface area contributed by atoms with Crippen LogP contribution in [-0.4, -0.2) is 20.7 Å². The third-order valence-electron chi connectivity index (χ3n) is 3.74. The lowest BCUT2D eigenvalue weighted by Crippen LogP contribution is -2.05. The number of nitrogens with zero attached hydrogens (tertiary/aromatic N) is 3. The SMILES string of the molecule is CC(=O)Nc1nc2c(s1)-c1c(cnn1-c1ccccc1C)C2. The van der Waals surface area contributed by atoms with E-state index < -0.39 is 0 Å². The minimum Gasteiger partial charge on any atom is -0.302 e. The molecule has 2 aromatic heterocycles. The molecule has 1 aliphatic carbocycles. The predicted octanol–water partition coefficient (Wildman–Crippen LogP) is 3.17. The fourth-order valence-electron chi connectivity index (χ4n) is 2.78. The van der Waals surface area contributed by atoms with Gasteiger partial charge in [0, 0.05) is 18.9 Å². The molecule has 0 saturated heterocycles. The molecular weight excluding hydrogens is 296 g/mol. The highest BCUT2D eigenvalue weighted by Gasteiger charge is 2.28. The first kappa shape index (κ1) is 13.2. The largest absolute Gasteiger partial charge is 0.302 e. The van der Waals surface area contributed by atoms with Gasteiger partial charge in [-0.1, -0.05) is 29.5 Å². The molecule has 2 heterocycles. The molecule has 1 aliphatic rings. The normalized spacial score (nSPS) is 12.1. The van der Waals surface area contributed by atoms with E-state index in [1.54, 1.807) is 0 Å². The van der Waals surface area contributed by atoms with Crippen molar-refractivity contribution >= 4 is 22.4 Å². The van der Waals surface area contributed by atoms with Crippen molar-refractivity contribution in [2.75, 3.05) is 5.32 Å². The zero-order valence-electron chi connectivity index (χ0n) is 12.3. The zero-order valence-corrected chi connectivity index (χ0v) is 13.1. The number of aryl methyl sites for hydroxylation is 1. The van der Waals surface area contributed by atoms with E-state index in [2.05, 4.69) is 34.5 Å². The summed E-state index contributed by atoms with van der Waals surface area (Å²) in [5, 5.41) is 7.97. The molecule has 6 heteroatoms. The average molecular weight is 310 g/mol. The van der Waals surface area contributed by atoms with Gasteiger partial charge in [0.25, 0.3) is 0 Å². The van der Waals surface area contributed by atoms with Gasteiger partial charge in [-0.15, -0.1) is 0 Å². The van der Waals surface area contributed by atoms with Crippen molar-refractivity contribution in [2.24, 2.45) is 0 Å². The highest BCUT2D eigenvalue weighted by molar-refractivity contribution is 7.19. The minimum atomic E-state index is -0.0972. The maximum Gasteiger partial charge on any atom is 0.223 e. The number of rotatable bonds is 2. The zero-order chi connectivity index (χ0) is 15.3. The van der Waals surface area contributed by atoms with Gasteiger partial charge >= 0.3 is 0 Å². The standard InChI is InChI=1S/C16H14N4OS/c1-9-5-3-4-6-13(9)20-14-11(8-17-20)7-12-15(14)22-16(19-12)18-10(2)21/h3-6,8H,7H2,1-2H3,(H,18,19,21). The number of aromatic nitrogens is 3. The molecule has 4 rings (SSSR count). The number of nitrogens with one attached hydrogen (secondary N) is 1. The van der Waals surface area contributed by atoms with Crippen molar-refractivity contribution in [3.8, 4) is 16.3 Å². The van der Waals surface area contributed by atoms with E-state index in [9.17, 15) is 4.79 Å². The van der Waals surface area contributed by atoms with E-state index in [0.29, 0.717) is 5.13 Å². The number of carbonyl (C=O) groups is 1. The molecule has 0 aliphatic heterocycles. The molecule has 3 aromatic rings. The van der Waals surface area contributed by atoms with E-state index >= 15 is 0 Å². The van der Waals surface area contributed by atoms with E-state index in [0.717, 1.165) is 28.4 Å². The first-order valence-corrected chi connectivity index (χ1v) is 7.85. The summed E-state index contributed by atoms with van der Waals surface area (Å²) < 4.78 is 1.98. The smallest absolute Gasteiger partial charge is 0.223 e. The Balaban J connectivity index is 1.84.